The highest BCUT2D eigenvalue weighted by atomic mass is 79.9. The summed E-state index contributed by atoms with van der Waals surface area (Å²) in [6, 6.07) is 4.64. The van der Waals surface area contributed by atoms with Gasteiger partial charge in [0.2, 0.25) is 0 Å². The molecular formula is C11H12BrFO. The lowest BCUT2D eigenvalue weighted by Gasteiger charge is -2.05. The fourth-order valence-electron chi connectivity index (χ4n) is 0.886. The monoisotopic (exact) mass is 258 g/mol. The lowest BCUT2D eigenvalue weighted by molar-refractivity contribution is 0.340. The second kappa shape index (κ2) is 5.15. The second-order valence-corrected chi connectivity index (χ2v) is 4.08. The van der Waals surface area contributed by atoms with Crippen LogP contribution < -0.4 is 4.74 Å². The molecule has 0 aliphatic heterocycles. The molecule has 0 unspecified atom stereocenters. The summed E-state index contributed by atoms with van der Waals surface area (Å²) in [6.07, 6.45) is 1.90. The van der Waals surface area contributed by atoms with E-state index in [4.69, 9.17) is 4.74 Å². The van der Waals surface area contributed by atoms with Crippen molar-refractivity contribution in [2.75, 3.05) is 6.61 Å². The van der Waals surface area contributed by atoms with Crippen LogP contribution in [0.5, 0.6) is 5.75 Å². The van der Waals surface area contributed by atoms with Crippen LogP contribution in [0.2, 0.25) is 0 Å². The number of benzene rings is 1. The van der Waals surface area contributed by atoms with Crippen LogP contribution in [-0.2, 0) is 0 Å². The summed E-state index contributed by atoms with van der Waals surface area (Å²) in [5.74, 6) is -0.0627. The Morgan fingerprint density at radius 2 is 2.21 bits per heavy atom. The van der Waals surface area contributed by atoms with Crippen molar-refractivity contribution >= 4 is 15.9 Å². The molecular weight excluding hydrogens is 247 g/mol. The van der Waals surface area contributed by atoms with E-state index in [-0.39, 0.29) is 11.6 Å². The Morgan fingerprint density at radius 1 is 1.50 bits per heavy atom. The highest BCUT2D eigenvalue weighted by Gasteiger charge is 2.02. The van der Waals surface area contributed by atoms with Gasteiger partial charge < -0.3 is 4.74 Å². The van der Waals surface area contributed by atoms with Gasteiger partial charge in [0.15, 0.2) is 11.6 Å². The fourth-order valence-corrected chi connectivity index (χ4v) is 1.23. The lowest BCUT2D eigenvalue weighted by Crippen LogP contribution is -1.96. The molecule has 0 bridgehead atoms. The molecule has 76 valence electrons. The van der Waals surface area contributed by atoms with E-state index in [9.17, 15) is 4.39 Å². The maximum atomic E-state index is 13.1. The molecule has 14 heavy (non-hydrogen) atoms. The average molecular weight is 259 g/mol. The Balaban J connectivity index is 2.67. The zero-order valence-electron chi connectivity index (χ0n) is 8.18. The summed E-state index contributed by atoms with van der Waals surface area (Å²) in [7, 11) is 0. The summed E-state index contributed by atoms with van der Waals surface area (Å²) in [5, 5.41) is 0. The Kier molecular flexibility index (Phi) is 4.14. The van der Waals surface area contributed by atoms with Crippen LogP contribution in [0.4, 0.5) is 4.39 Å². The quantitative estimate of drug-likeness (QED) is 0.747. The molecule has 0 atom stereocenters. The van der Waals surface area contributed by atoms with E-state index in [1.807, 2.05) is 19.9 Å². The van der Waals surface area contributed by atoms with Crippen molar-refractivity contribution in [3.05, 3.63) is 40.1 Å². The average Bonchev–Trinajstić information content (AvgIpc) is 2.10. The van der Waals surface area contributed by atoms with Crippen LogP contribution >= 0.6 is 15.9 Å². The van der Waals surface area contributed by atoms with Crippen LogP contribution in [0.3, 0.4) is 0 Å². The first-order chi connectivity index (χ1) is 6.59. The summed E-state index contributed by atoms with van der Waals surface area (Å²) in [4.78, 5) is 0. The largest absolute Gasteiger partial charge is 0.486 e. The van der Waals surface area contributed by atoms with Gasteiger partial charge in [-0.1, -0.05) is 21.5 Å². The third kappa shape index (κ3) is 3.50. The van der Waals surface area contributed by atoms with E-state index in [0.717, 1.165) is 10.0 Å². The van der Waals surface area contributed by atoms with Crippen molar-refractivity contribution in [2.45, 2.75) is 13.8 Å². The van der Waals surface area contributed by atoms with Gasteiger partial charge in [0, 0.05) is 4.47 Å². The molecule has 0 aromatic heterocycles. The van der Waals surface area contributed by atoms with Crippen LogP contribution in [0.15, 0.2) is 34.3 Å². The van der Waals surface area contributed by atoms with Crippen molar-refractivity contribution in [3.63, 3.8) is 0 Å². The zero-order chi connectivity index (χ0) is 10.6. The number of halogens is 2. The first-order valence-electron chi connectivity index (χ1n) is 4.31. The van der Waals surface area contributed by atoms with E-state index in [2.05, 4.69) is 15.9 Å². The minimum absolute atomic E-state index is 0.275. The molecule has 1 aromatic carbocycles. The van der Waals surface area contributed by atoms with Gasteiger partial charge in [-0.25, -0.2) is 4.39 Å². The smallest absolute Gasteiger partial charge is 0.165 e. The molecule has 0 fully saturated rings. The summed E-state index contributed by atoms with van der Waals surface area (Å²) in [6.45, 7) is 4.34. The molecule has 0 aliphatic carbocycles. The van der Waals surface area contributed by atoms with Gasteiger partial charge in [-0.05, 0) is 38.1 Å². The number of hydrogen-bond acceptors (Lipinski definition) is 1. The molecule has 1 rings (SSSR count). The van der Waals surface area contributed by atoms with Crippen LogP contribution in [0.25, 0.3) is 0 Å². The van der Waals surface area contributed by atoms with Crippen molar-refractivity contribution < 1.29 is 9.13 Å². The predicted molar refractivity (Wildman–Crippen MR) is 59.0 cm³/mol. The topological polar surface area (TPSA) is 9.23 Å². The van der Waals surface area contributed by atoms with Crippen molar-refractivity contribution in [1.29, 1.82) is 0 Å². The van der Waals surface area contributed by atoms with E-state index in [1.54, 1.807) is 12.1 Å². The van der Waals surface area contributed by atoms with Crippen molar-refractivity contribution in [1.82, 2.24) is 0 Å². The molecule has 1 nitrogen and oxygen atoms in total. The molecule has 3 heteroatoms. The Labute approximate surface area is 91.7 Å². The molecule has 0 aliphatic rings. The number of ether oxygens (including phenoxy) is 1. The van der Waals surface area contributed by atoms with Gasteiger partial charge in [0.25, 0.3) is 0 Å². The molecule has 0 N–H and O–H groups in total. The second-order valence-electron chi connectivity index (χ2n) is 3.17. The summed E-state index contributed by atoms with van der Waals surface area (Å²) < 4.78 is 19.2. The van der Waals surface area contributed by atoms with E-state index in [0.29, 0.717) is 6.61 Å². The minimum atomic E-state index is -0.338. The first-order valence-corrected chi connectivity index (χ1v) is 5.10. The van der Waals surface area contributed by atoms with E-state index >= 15 is 0 Å². The van der Waals surface area contributed by atoms with Gasteiger partial charge in [-0.3, -0.25) is 0 Å². The SMILES string of the molecule is CC(C)=CCOc1cc(Br)ccc1F. The first kappa shape index (κ1) is 11.2. The van der Waals surface area contributed by atoms with Crippen LogP contribution in [0, 0.1) is 5.82 Å². The van der Waals surface area contributed by atoms with Crippen molar-refractivity contribution in [2.24, 2.45) is 0 Å². The molecule has 0 radical (unpaired) electrons. The molecule has 0 spiro atoms. The Bertz CT molecular complexity index is 343. The van der Waals surface area contributed by atoms with Gasteiger partial charge >= 0.3 is 0 Å². The molecule has 0 saturated carbocycles. The highest BCUT2D eigenvalue weighted by molar-refractivity contribution is 9.10. The highest BCUT2D eigenvalue weighted by Crippen LogP contribution is 2.22. The van der Waals surface area contributed by atoms with Crippen molar-refractivity contribution in [3.8, 4) is 5.75 Å². The summed E-state index contributed by atoms with van der Waals surface area (Å²) in [5.41, 5.74) is 1.15. The number of rotatable bonds is 3. The third-order valence-corrected chi connectivity index (χ3v) is 2.12. The normalized spacial score (nSPS) is 9.71. The van der Waals surface area contributed by atoms with Crippen LogP contribution in [0.1, 0.15) is 13.8 Å². The Hall–Kier alpha value is -0.830. The van der Waals surface area contributed by atoms with Gasteiger partial charge in [-0.2, -0.15) is 0 Å². The standard InChI is InChI=1S/C11H12BrFO/c1-8(2)5-6-14-11-7-9(12)3-4-10(11)13/h3-5,7H,6H2,1-2H3. The van der Waals surface area contributed by atoms with E-state index in [1.165, 1.54) is 6.07 Å². The maximum absolute atomic E-state index is 13.1. The van der Waals surface area contributed by atoms with Gasteiger partial charge in [-0.15, -0.1) is 0 Å². The third-order valence-electron chi connectivity index (χ3n) is 1.62. The maximum Gasteiger partial charge on any atom is 0.165 e. The van der Waals surface area contributed by atoms with Gasteiger partial charge in [0.05, 0.1) is 0 Å². The lowest BCUT2D eigenvalue weighted by atomic mass is 10.3. The predicted octanol–water partition coefficient (Wildman–Crippen LogP) is 3.93. The molecule has 0 amide bonds. The minimum Gasteiger partial charge on any atom is -0.486 e. The van der Waals surface area contributed by atoms with E-state index < -0.39 is 0 Å². The molecule has 0 heterocycles. The summed E-state index contributed by atoms with van der Waals surface area (Å²) >= 11 is 3.26. The van der Waals surface area contributed by atoms with Gasteiger partial charge in [0.1, 0.15) is 6.61 Å². The fraction of sp³-hybridized carbons (Fsp3) is 0.273. The van der Waals surface area contributed by atoms with Crippen LogP contribution in [-0.4, -0.2) is 6.61 Å². The molecule has 0 saturated heterocycles. The number of allylic oxidation sites excluding steroid dienone is 1. The Morgan fingerprint density at radius 3 is 2.86 bits per heavy atom. The zero-order valence-corrected chi connectivity index (χ0v) is 9.77. The molecule has 1 aromatic rings. The number of hydrogen-bond donors (Lipinski definition) is 0.